The predicted molar refractivity (Wildman–Crippen MR) is 137 cm³/mol. The van der Waals surface area contributed by atoms with Crippen molar-refractivity contribution < 1.29 is 17.9 Å². The number of benzene rings is 3. The van der Waals surface area contributed by atoms with Gasteiger partial charge < -0.3 is 10.1 Å². The minimum atomic E-state index is -4.05. The van der Waals surface area contributed by atoms with E-state index in [1.54, 1.807) is 24.3 Å². The lowest BCUT2D eigenvalue weighted by molar-refractivity contribution is -0.114. The van der Waals surface area contributed by atoms with Crippen LogP contribution in [-0.2, 0) is 14.8 Å². The summed E-state index contributed by atoms with van der Waals surface area (Å²) in [5, 5.41) is 3.36. The predicted octanol–water partition coefficient (Wildman–Crippen LogP) is 6.00. The molecule has 0 aliphatic carbocycles. The molecule has 0 aliphatic heterocycles. The first-order valence-electron chi connectivity index (χ1n) is 11.0. The minimum absolute atomic E-state index is 0.0392. The molecular formula is C26H29ClN2O4S. The molecule has 3 aromatic carbocycles. The average molecular weight is 501 g/mol. The zero-order valence-electron chi connectivity index (χ0n) is 19.7. The number of halogens is 1. The Morgan fingerprint density at radius 1 is 1.03 bits per heavy atom. The summed E-state index contributed by atoms with van der Waals surface area (Å²) in [4.78, 5) is 13.2. The molecule has 1 N–H and O–H groups in total. The van der Waals surface area contributed by atoms with Crippen molar-refractivity contribution in [3.63, 3.8) is 0 Å². The normalized spacial score (nSPS) is 11.4. The number of amides is 1. The topological polar surface area (TPSA) is 75.7 Å². The van der Waals surface area contributed by atoms with Crippen molar-refractivity contribution in [2.75, 3.05) is 22.8 Å². The molecule has 34 heavy (non-hydrogen) atoms. The number of para-hydroxylation sites is 1. The van der Waals surface area contributed by atoms with Gasteiger partial charge in [-0.05, 0) is 79.4 Å². The maximum Gasteiger partial charge on any atom is 0.264 e. The molecule has 0 bridgehead atoms. The zero-order chi connectivity index (χ0) is 24.9. The summed E-state index contributed by atoms with van der Waals surface area (Å²) in [6.07, 6.45) is 0. The number of nitrogens with zero attached hydrogens (tertiary/aromatic N) is 1. The highest BCUT2D eigenvalue weighted by atomic mass is 35.5. The molecule has 0 heterocycles. The zero-order valence-corrected chi connectivity index (χ0v) is 21.3. The summed E-state index contributed by atoms with van der Waals surface area (Å²) >= 11 is 5.95. The molecule has 0 radical (unpaired) electrons. The average Bonchev–Trinajstić information content (AvgIpc) is 2.80. The van der Waals surface area contributed by atoms with Crippen molar-refractivity contribution >= 4 is 38.9 Å². The highest BCUT2D eigenvalue weighted by Crippen LogP contribution is 2.29. The first-order chi connectivity index (χ1) is 16.1. The molecule has 0 saturated carbocycles. The van der Waals surface area contributed by atoms with Crippen LogP contribution in [0.25, 0.3) is 0 Å². The highest BCUT2D eigenvalue weighted by Gasteiger charge is 2.28. The van der Waals surface area contributed by atoms with E-state index in [1.165, 1.54) is 24.3 Å². The third-order valence-corrected chi connectivity index (χ3v) is 7.36. The molecule has 1 amide bonds. The van der Waals surface area contributed by atoms with E-state index >= 15 is 0 Å². The van der Waals surface area contributed by atoms with Crippen molar-refractivity contribution in [1.82, 2.24) is 0 Å². The van der Waals surface area contributed by atoms with Crippen molar-refractivity contribution in [1.29, 1.82) is 0 Å². The van der Waals surface area contributed by atoms with Crippen LogP contribution in [0, 0.1) is 6.92 Å². The Bertz CT molecular complexity index is 1240. The minimum Gasteiger partial charge on any atom is -0.494 e. The number of hydrogen-bond donors (Lipinski definition) is 1. The third-order valence-electron chi connectivity index (χ3n) is 5.32. The second-order valence-corrected chi connectivity index (χ2v) is 10.4. The van der Waals surface area contributed by atoms with Crippen LogP contribution in [0.4, 0.5) is 11.4 Å². The SMILES string of the molecule is CCOc1ccc(N(CC(=O)Nc2c(C)cccc2C(C)C)S(=O)(=O)c2ccc(Cl)cc2)cc1. The van der Waals surface area contributed by atoms with E-state index in [0.717, 1.165) is 15.4 Å². The van der Waals surface area contributed by atoms with Gasteiger partial charge in [0.25, 0.3) is 10.0 Å². The second-order valence-electron chi connectivity index (χ2n) is 8.13. The van der Waals surface area contributed by atoms with Gasteiger partial charge in [-0.25, -0.2) is 8.42 Å². The van der Waals surface area contributed by atoms with Gasteiger partial charge in [0, 0.05) is 10.7 Å². The van der Waals surface area contributed by atoms with Gasteiger partial charge >= 0.3 is 0 Å². The van der Waals surface area contributed by atoms with Crippen LogP contribution >= 0.6 is 11.6 Å². The number of nitrogens with one attached hydrogen (secondary N) is 1. The third kappa shape index (κ3) is 5.90. The van der Waals surface area contributed by atoms with Gasteiger partial charge in [-0.3, -0.25) is 9.10 Å². The molecule has 0 saturated heterocycles. The Kier molecular flexibility index (Phi) is 8.23. The van der Waals surface area contributed by atoms with Gasteiger partial charge in [0.1, 0.15) is 12.3 Å². The molecule has 0 fully saturated rings. The number of hydrogen-bond acceptors (Lipinski definition) is 4. The summed E-state index contributed by atoms with van der Waals surface area (Å²) in [6, 6.07) is 18.3. The van der Waals surface area contributed by atoms with E-state index in [2.05, 4.69) is 5.32 Å². The molecule has 6 nitrogen and oxygen atoms in total. The molecule has 180 valence electrons. The summed E-state index contributed by atoms with van der Waals surface area (Å²) in [5.41, 5.74) is 2.95. The van der Waals surface area contributed by atoms with Crippen LogP contribution in [0.2, 0.25) is 5.02 Å². The van der Waals surface area contributed by atoms with Gasteiger partial charge in [-0.15, -0.1) is 0 Å². The van der Waals surface area contributed by atoms with Crippen LogP contribution in [-0.4, -0.2) is 27.5 Å². The molecule has 0 spiro atoms. The van der Waals surface area contributed by atoms with Gasteiger partial charge in [0.15, 0.2) is 0 Å². The highest BCUT2D eigenvalue weighted by molar-refractivity contribution is 7.92. The standard InChI is InChI=1S/C26H29ClN2O4S/c1-5-33-22-13-11-21(12-14-22)29(34(31,32)23-15-9-20(27)10-16-23)17-25(30)28-26-19(4)7-6-8-24(26)18(2)3/h6-16,18H,5,17H2,1-4H3,(H,28,30). The summed E-state index contributed by atoms with van der Waals surface area (Å²) in [5.74, 6) is 0.360. The van der Waals surface area contributed by atoms with Crippen LogP contribution in [0.5, 0.6) is 5.75 Å². The molecular weight excluding hydrogens is 472 g/mol. The van der Waals surface area contributed by atoms with Gasteiger partial charge in [-0.1, -0.05) is 43.6 Å². The maximum absolute atomic E-state index is 13.6. The molecule has 3 rings (SSSR count). The number of ether oxygens (including phenoxy) is 1. The Morgan fingerprint density at radius 2 is 1.68 bits per heavy atom. The molecule has 0 aromatic heterocycles. The van der Waals surface area contributed by atoms with E-state index in [9.17, 15) is 13.2 Å². The van der Waals surface area contributed by atoms with Crippen LogP contribution < -0.4 is 14.4 Å². The summed E-state index contributed by atoms with van der Waals surface area (Å²) in [7, 11) is -4.05. The van der Waals surface area contributed by atoms with Crippen LogP contribution in [0.15, 0.2) is 71.6 Å². The summed E-state index contributed by atoms with van der Waals surface area (Å²) in [6.45, 7) is 7.96. The molecule has 0 unspecified atom stereocenters. The second kappa shape index (κ2) is 10.9. The smallest absolute Gasteiger partial charge is 0.264 e. The van der Waals surface area contributed by atoms with Crippen molar-refractivity contribution in [3.8, 4) is 5.75 Å². The lowest BCUT2D eigenvalue weighted by Gasteiger charge is -2.25. The fourth-order valence-corrected chi connectivity index (χ4v) is 5.12. The van der Waals surface area contributed by atoms with Gasteiger partial charge in [0.2, 0.25) is 5.91 Å². The quantitative estimate of drug-likeness (QED) is 0.390. The van der Waals surface area contributed by atoms with Gasteiger partial charge in [-0.2, -0.15) is 0 Å². The Balaban J connectivity index is 1.97. The van der Waals surface area contributed by atoms with E-state index in [0.29, 0.717) is 28.8 Å². The number of carbonyl (C=O) groups is 1. The van der Waals surface area contributed by atoms with E-state index < -0.39 is 22.5 Å². The van der Waals surface area contributed by atoms with Crippen molar-refractivity contribution in [2.24, 2.45) is 0 Å². The monoisotopic (exact) mass is 500 g/mol. The summed E-state index contributed by atoms with van der Waals surface area (Å²) < 4.78 is 33.7. The van der Waals surface area contributed by atoms with E-state index in [-0.39, 0.29) is 10.8 Å². The van der Waals surface area contributed by atoms with Crippen LogP contribution in [0.1, 0.15) is 37.8 Å². The number of anilines is 2. The maximum atomic E-state index is 13.6. The fraction of sp³-hybridized carbons (Fsp3) is 0.269. The first-order valence-corrected chi connectivity index (χ1v) is 12.9. The van der Waals surface area contributed by atoms with Gasteiger partial charge in [0.05, 0.1) is 17.2 Å². The Morgan fingerprint density at radius 3 is 2.26 bits per heavy atom. The lowest BCUT2D eigenvalue weighted by Crippen LogP contribution is -2.38. The molecule has 8 heteroatoms. The largest absolute Gasteiger partial charge is 0.494 e. The first kappa shape index (κ1) is 25.6. The fourth-order valence-electron chi connectivity index (χ4n) is 3.58. The number of carbonyl (C=O) groups excluding carboxylic acids is 1. The number of sulfonamides is 1. The Hall–Kier alpha value is -3.03. The Labute approximate surface area is 206 Å². The van der Waals surface area contributed by atoms with Crippen molar-refractivity contribution in [3.05, 3.63) is 82.9 Å². The number of rotatable bonds is 9. The van der Waals surface area contributed by atoms with Crippen LogP contribution in [0.3, 0.4) is 0 Å². The number of aryl methyl sites for hydroxylation is 1. The van der Waals surface area contributed by atoms with Crippen molar-refractivity contribution in [2.45, 2.75) is 38.5 Å². The molecule has 3 aromatic rings. The molecule has 0 aliphatic rings. The lowest BCUT2D eigenvalue weighted by atomic mass is 9.98. The van der Waals surface area contributed by atoms with E-state index in [1.807, 2.05) is 45.9 Å². The molecule has 0 atom stereocenters. The van der Waals surface area contributed by atoms with E-state index in [4.69, 9.17) is 16.3 Å².